The number of nitrogens with zero attached hydrogens (tertiary/aromatic N) is 14. The zero-order valence-corrected chi connectivity index (χ0v) is 80.5. The molecule has 27 nitrogen and oxygen atoms in total. The second kappa shape index (κ2) is 35.1. The van der Waals surface area contributed by atoms with Crippen LogP contribution in [-0.2, 0) is 49.6 Å². The first-order valence-corrected chi connectivity index (χ1v) is 48.2. The molecule has 135 heavy (non-hydrogen) atoms. The van der Waals surface area contributed by atoms with Crippen molar-refractivity contribution >= 4 is 156 Å². The number of carbonyl (C=O) groups excluding carboxylic acids is 8. The van der Waals surface area contributed by atoms with E-state index >= 15 is 0 Å². The molecule has 24 rings (SSSR count). The van der Waals surface area contributed by atoms with Crippen LogP contribution in [0.4, 0.5) is 24.9 Å². The second-order valence-corrected chi connectivity index (χ2v) is 39.8. The number of ether oxygens (including phenoxy) is 1. The van der Waals surface area contributed by atoms with Crippen LogP contribution in [0, 0.1) is 0 Å². The molecule has 8 atom stereocenters. The monoisotopic (exact) mass is 2010 g/mol. The quantitative estimate of drug-likeness (QED) is 0.0827. The third-order valence-electron chi connectivity index (χ3n) is 27.6. The SMILES string of the molecule is CC(C)N1C(=O)C2Cc3c([nH]c4ccc(Br)cc34)C(c3ccc(-c4ccncc4)cc3)N2C1=O.CC(C)N1C(=O)C2Cc3c([nH]c4ccc(Br)cc34)C(c3ccc(-c4cncnc4)cc3)N2C1=O.CC(C)N1C(=O)C2Cc3c([nH]c4ccc(Br)cc34)C(c3ccc(-n4ccnc4)cc3)N2C1=O.CC(C)N1C(=O)C2Cc3c([nH]c4ccc(Cl)cc34)C(c3ccc(N4CCOCC4)cc3)N2C1=O. The highest BCUT2D eigenvalue weighted by Crippen LogP contribution is 2.51. The number of urea groups is 4. The fourth-order valence-electron chi connectivity index (χ4n) is 21.4. The van der Waals surface area contributed by atoms with Crippen molar-refractivity contribution < 1.29 is 43.1 Å². The van der Waals surface area contributed by atoms with E-state index in [-0.39, 0.29) is 96.1 Å². The maximum absolute atomic E-state index is 13.5. The van der Waals surface area contributed by atoms with Gasteiger partial charge in [-0.05, 0) is 226 Å². The zero-order valence-electron chi connectivity index (χ0n) is 75.0. The summed E-state index contributed by atoms with van der Waals surface area (Å²) >= 11 is 17.1. The standard InChI is InChI=1S/C27H23BrN4O2.C26H22BrN5O2.C26H27ClN4O3.C25H22BrN5O2/c1-15(2)31-26(33)23-14-21-20-13-19(28)7-8-22(20)30-24(21)25(32(23)27(31)34)18-5-3-16(4-6-18)17-9-11-29-12-10-17;1-14(2)31-25(33)22-10-20-19-9-18(27)7-8-21(19)30-23(20)24(32(22)26(31)34)16-5-3-15(4-6-16)17-11-28-13-29-12-17;1-15(2)30-25(32)22-14-20-19-13-17(27)5-8-21(19)28-23(20)24(31(22)26(30)33)16-3-6-18(7-4-16)29-9-11-34-12-10-29;1-14(2)30-24(32)21-12-19-18-11-16(26)5-8-20(18)28-22(19)23(31(21)25(30)33)15-3-6-17(7-4-15)29-10-9-27-13-29/h3-13,15,23,25,30H,14H2,1-2H3;3-9,11-14,22,24,30H,10H2,1-2H3;3-8,13,15,22,24,28H,9-12,14H2,1-2H3;3-11,13-14,21,23,28H,12H2,1-2H3. The second-order valence-electron chi connectivity index (χ2n) is 36.6. The fourth-order valence-corrected chi connectivity index (χ4v) is 22.6. The Balaban J connectivity index is 0.000000108. The Morgan fingerprint density at radius 3 is 1.01 bits per heavy atom. The predicted octanol–water partition coefficient (Wildman–Crippen LogP) is 19.9. The van der Waals surface area contributed by atoms with Crippen molar-refractivity contribution in [1.29, 1.82) is 0 Å². The van der Waals surface area contributed by atoms with Crippen molar-refractivity contribution in [3.05, 3.63) is 318 Å². The van der Waals surface area contributed by atoms with Crippen LogP contribution in [0.15, 0.2) is 245 Å². The Labute approximate surface area is 807 Å². The summed E-state index contributed by atoms with van der Waals surface area (Å²) in [5.41, 5.74) is 22.3. The molecule has 0 spiro atoms. The number of imide groups is 4. The summed E-state index contributed by atoms with van der Waals surface area (Å²) in [5.74, 6) is -0.492. The molecule has 5 fully saturated rings. The normalized spacial score (nSPS) is 20.6. The van der Waals surface area contributed by atoms with Gasteiger partial charge in [0.15, 0.2) is 0 Å². The number of halogens is 4. The molecule has 31 heteroatoms. The lowest BCUT2D eigenvalue weighted by molar-refractivity contribution is -0.130. The summed E-state index contributed by atoms with van der Waals surface area (Å²) in [4.78, 5) is 153. The minimum atomic E-state index is -0.524. The Hall–Kier alpha value is -13.4. The van der Waals surface area contributed by atoms with Crippen LogP contribution in [0.25, 0.3) is 71.6 Å². The molecule has 4 N–H and O–H groups in total. The van der Waals surface area contributed by atoms with Gasteiger partial charge in [-0.15, -0.1) is 0 Å². The Morgan fingerprint density at radius 2 is 0.674 bits per heavy atom. The molecule has 8 unspecified atom stereocenters. The Kier molecular flexibility index (Phi) is 23.0. The number of amides is 12. The first-order chi connectivity index (χ1) is 65.2. The van der Waals surface area contributed by atoms with Gasteiger partial charge in [-0.1, -0.05) is 132 Å². The highest BCUT2D eigenvalue weighted by molar-refractivity contribution is 9.11. The Morgan fingerprint density at radius 1 is 0.356 bits per heavy atom. The number of anilines is 1. The number of aromatic nitrogens is 9. The molecular weight excluding hydrogens is 1920 g/mol. The van der Waals surface area contributed by atoms with Crippen LogP contribution >= 0.6 is 59.4 Å². The van der Waals surface area contributed by atoms with Gasteiger partial charge in [0, 0.05) is 202 Å². The van der Waals surface area contributed by atoms with Gasteiger partial charge in [-0.3, -0.25) is 63.4 Å². The summed E-state index contributed by atoms with van der Waals surface area (Å²) in [6.45, 7) is 18.2. The topological polar surface area (TPSA) is 295 Å². The molecule has 16 heterocycles. The maximum Gasteiger partial charge on any atom is 0.328 e. The molecule has 7 aromatic heterocycles. The van der Waals surface area contributed by atoms with Gasteiger partial charge >= 0.3 is 24.1 Å². The third kappa shape index (κ3) is 15.2. The van der Waals surface area contributed by atoms with E-state index in [1.807, 2.05) is 181 Å². The van der Waals surface area contributed by atoms with Crippen molar-refractivity contribution in [3.63, 3.8) is 0 Å². The number of benzene rings is 8. The average Bonchev–Trinajstić information content (AvgIpc) is 1.58. The summed E-state index contributed by atoms with van der Waals surface area (Å²) in [7, 11) is 0. The van der Waals surface area contributed by atoms with Gasteiger partial charge in [-0.25, -0.2) is 34.1 Å². The lowest BCUT2D eigenvalue weighted by Crippen LogP contribution is -2.44. The molecule has 9 aliphatic heterocycles. The lowest BCUT2D eigenvalue weighted by Gasteiger charge is -2.36. The molecule has 15 aromatic rings. The molecule has 8 aromatic carbocycles. The smallest absolute Gasteiger partial charge is 0.328 e. The van der Waals surface area contributed by atoms with Crippen LogP contribution in [0.3, 0.4) is 0 Å². The van der Waals surface area contributed by atoms with Gasteiger partial charge in [0.2, 0.25) is 0 Å². The van der Waals surface area contributed by atoms with E-state index in [0.717, 1.165) is 184 Å². The van der Waals surface area contributed by atoms with E-state index in [2.05, 4.69) is 159 Å². The van der Waals surface area contributed by atoms with E-state index in [1.165, 1.54) is 25.9 Å². The number of hydrogen-bond donors (Lipinski definition) is 4. The van der Waals surface area contributed by atoms with Crippen LogP contribution in [0.5, 0.6) is 0 Å². The number of hydrogen-bond acceptors (Lipinski definition) is 14. The van der Waals surface area contributed by atoms with Gasteiger partial charge in [0.1, 0.15) is 54.7 Å². The summed E-state index contributed by atoms with van der Waals surface area (Å²) in [6, 6.07) is 55.6. The largest absolute Gasteiger partial charge is 0.378 e. The number of imidazole rings is 1. The fraction of sp³-hybridized carbons (Fsp3) is 0.269. The molecule has 0 bridgehead atoms. The summed E-state index contributed by atoms with van der Waals surface area (Å²) in [5, 5.41) is 4.92. The van der Waals surface area contributed by atoms with E-state index in [4.69, 9.17) is 16.3 Å². The highest BCUT2D eigenvalue weighted by Gasteiger charge is 2.58. The van der Waals surface area contributed by atoms with Crippen molar-refractivity contribution in [2.45, 2.75) is 154 Å². The molecule has 5 saturated heterocycles. The van der Waals surface area contributed by atoms with Crippen molar-refractivity contribution in [2.24, 2.45) is 0 Å². The predicted molar refractivity (Wildman–Crippen MR) is 526 cm³/mol. The van der Waals surface area contributed by atoms with E-state index < -0.39 is 24.2 Å². The van der Waals surface area contributed by atoms with Crippen molar-refractivity contribution in [2.75, 3.05) is 31.2 Å². The van der Waals surface area contributed by atoms with Crippen LogP contribution in [0.2, 0.25) is 5.02 Å². The minimum absolute atomic E-state index is 0.117. The van der Waals surface area contributed by atoms with Gasteiger partial charge < -0.3 is 34.1 Å². The molecule has 12 amide bonds. The van der Waals surface area contributed by atoms with Crippen LogP contribution < -0.4 is 4.90 Å². The molecule has 0 saturated carbocycles. The Bertz CT molecular complexity index is 7030. The zero-order chi connectivity index (χ0) is 93.5. The van der Waals surface area contributed by atoms with E-state index in [1.54, 1.807) is 56.9 Å². The number of H-pyrrole nitrogens is 4. The number of fused-ring (bicyclic) bond motifs is 16. The molecule has 0 radical (unpaired) electrons. The lowest BCUT2D eigenvalue weighted by atomic mass is 9.88. The van der Waals surface area contributed by atoms with Crippen LogP contribution in [0.1, 0.15) is 147 Å². The van der Waals surface area contributed by atoms with Crippen molar-refractivity contribution in [1.82, 2.24) is 83.6 Å². The first kappa shape index (κ1) is 88.2. The number of aromatic amines is 4. The number of carbonyl (C=O) groups is 8. The maximum atomic E-state index is 13.5. The average molecular weight is 2020 g/mol. The molecule has 9 aliphatic rings. The summed E-state index contributed by atoms with van der Waals surface area (Å²) in [6.07, 6.45) is 16.0. The van der Waals surface area contributed by atoms with E-state index in [0.29, 0.717) is 30.7 Å². The first-order valence-electron chi connectivity index (χ1n) is 45.4. The third-order valence-corrected chi connectivity index (χ3v) is 29.3. The van der Waals surface area contributed by atoms with E-state index in [9.17, 15) is 38.4 Å². The molecule has 0 aliphatic carbocycles. The van der Waals surface area contributed by atoms with Crippen molar-refractivity contribution in [3.8, 4) is 27.9 Å². The number of rotatable bonds is 12. The summed E-state index contributed by atoms with van der Waals surface area (Å²) < 4.78 is 10.4. The van der Waals surface area contributed by atoms with Gasteiger partial charge in [0.25, 0.3) is 23.6 Å². The van der Waals surface area contributed by atoms with Crippen LogP contribution in [-0.4, -0.2) is 206 Å². The molecular formula is C104H94Br3ClN18O9. The number of nitrogens with one attached hydrogen (secondary N) is 4. The number of morpholine rings is 1. The minimum Gasteiger partial charge on any atom is -0.378 e. The van der Waals surface area contributed by atoms with Gasteiger partial charge in [0.05, 0.1) is 19.5 Å². The number of pyridine rings is 1. The molecule has 682 valence electrons. The van der Waals surface area contributed by atoms with Gasteiger partial charge in [-0.2, -0.15) is 0 Å². The highest BCUT2D eigenvalue weighted by atomic mass is 79.9.